The molecular weight excluding hydrogens is 330 g/mol. The van der Waals surface area contributed by atoms with Crippen molar-refractivity contribution < 1.29 is 14.3 Å². The van der Waals surface area contributed by atoms with Gasteiger partial charge in [0.25, 0.3) is 0 Å². The van der Waals surface area contributed by atoms with Gasteiger partial charge in [0.2, 0.25) is 5.91 Å². The lowest BCUT2D eigenvalue weighted by atomic mass is 10.1. The van der Waals surface area contributed by atoms with E-state index in [9.17, 15) is 9.59 Å². The summed E-state index contributed by atoms with van der Waals surface area (Å²) in [5.41, 5.74) is 2.66. The van der Waals surface area contributed by atoms with Gasteiger partial charge in [0.05, 0.1) is 19.6 Å². The molecule has 3 rings (SSSR count). The summed E-state index contributed by atoms with van der Waals surface area (Å²) in [5, 5.41) is 5.61. The minimum atomic E-state index is -0.258. The SMILES string of the molecule is O=C(NCc1ccccc1)Nc1ccc(CC(=O)N2CCOCC2)cc1. The van der Waals surface area contributed by atoms with Gasteiger partial charge in [-0.25, -0.2) is 4.79 Å². The molecule has 0 aromatic heterocycles. The molecule has 2 N–H and O–H groups in total. The van der Waals surface area contributed by atoms with Gasteiger partial charge in [-0.3, -0.25) is 4.79 Å². The quantitative estimate of drug-likeness (QED) is 0.867. The average molecular weight is 353 g/mol. The number of hydrogen-bond donors (Lipinski definition) is 2. The average Bonchev–Trinajstić information content (AvgIpc) is 2.69. The molecule has 136 valence electrons. The Morgan fingerprint density at radius 3 is 2.31 bits per heavy atom. The molecule has 26 heavy (non-hydrogen) atoms. The lowest BCUT2D eigenvalue weighted by molar-refractivity contribution is -0.134. The zero-order valence-electron chi connectivity index (χ0n) is 14.6. The Labute approximate surface area is 153 Å². The van der Waals surface area contributed by atoms with Gasteiger partial charge in [0.15, 0.2) is 0 Å². The van der Waals surface area contributed by atoms with Gasteiger partial charge in [-0.05, 0) is 23.3 Å². The molecule has 0 saturated carbocycles. The molecule has 0 radical (unpaired) electrons. The summed E-state index contributed by atoms with van der Waals surface area (Å²) in [4.78, 5) is 26.0. The molecule has 0 atom stereocenters. The molecular formula is C20H23N3O3. The fraction of sp³-hybridized carbons (Fsp3) is 0.300. The van der Waals surface area contributed by atoms with Gasteiger partial charge in [0, 0.05) is 25.3 Å². The van der Waals surface area contributed by atoms with E-state index in [1.807, 2.05) is 59.5 Å². The van der Waals surface area contributed by atoms with Crippen molar-refractivity contribution >= 4 is 17.6 Å². The van der Waals surface area contributed by atoms with Crippen LogP contribution in [0.15, 0.2) is 54.6 Å². The van der Waals surface area contributed by atoms with E-state index in [0.717, 1.165) is 11.1 Å². The first-order valence-corrected chi connectivity index (χ1v) is 8.74. The van der Waals surface area contributed by atoms with Gasteiger partial charge in [-0.15, -0.1) is 0 Å². The van der Waals surface area contributed by atoms with Gasteiger partial charge < -0.3 is 20.3 Å². The van der Waals surface area contributed by atoms with Crippen LogP contribution in [0.3, 0.4) is 0 Å². The second-order valence-corrected chi connectivity index (χ2v) is 6.16. The molecule has 1 heterocycles. The Bertz CT molecular complexity index is 726. The maximum atomic E-state index is 12.2. The van der Waals surface area contributed by atoms with E-state index in [1.165, 1.54) is 0 Å². The standard InChI is InChI=1S/C20H23N3O3/c24-19(23-10-12-26-13-11-23)14-16-6-8-18(9-7-16)22-20(25)21-15-17-4-2-1-3-5-17/h1-9H,10-15H2,(H2,21,22,25). The number of morpholine rings is 1. The fourth-order valence-electron chi connectivity index (χ4n) is 2.76. The maximum Gasteiger partial charge on any atom is 0.319 e. The highest BCUT2D eigenvalue weighted by atomic mass is 16.5. The summed E-state index contributed by atoms with van der Waals surface area (Å²) in [6.07, 6.45) is 0.362. The van der Waals surface area contributed by atoms with Crippen LogP contribution < -0.4 is 10.6 Å². The van der Waals surface area contributed by atoms with Crippen molar-refractivity contribution in [3.8, 4) is 0 Å². The van der Waals surface area contributed by atoms with Crippen molar-refractivity contribution in [3.05, 3.63) is 65.7 Å². The first-order chi connectivity index (χ1) is 12.7. The Hall–Kier alpha value is -2.86. The fourth-order valence-corrected chi connectivity index (χ4v) is 2.76. The van der Waals surface area contributed by atoms with Crippen molar-refractivity contribution in [2.75, 3.05) is 31.6 Å². The van der Waals surface area contributed by atoms with E-state index in [0.29, 0.717) is 45.0 Å². The predicted octanol–water partition coefficient (Wildman–Crippen LogP) is 2.41. The first-order valence-electron chi connectivity index (χ1n) is 8.74. The number of benzene rings is 2. The lowest BCUT2D eigenvalue weighted by Crippen LogP contribution is -2.41. The van der Waals surface area contributed by atoms with Gasteiger partial charge >= 0.3 is 6.03 Å². The number of ether oxygens (including phenoxy) is 1. The Balaban J connectivity index is 1.46. The van der Waals surface area contributed by atoms with E-state index < -0.39 is 0 Å². The molecule has 0 unspecified atom stereocenters. The van der Waals surface area contributed by atoms with E-state index in [1.54, 1.807) is 0 Å². The number of anilines is 1. The first kappa shape index (κ1) is 17.9. The molecule has 1 aliphatic rings. The Morgan fingerprint density at radius 2 is 1.62 bits per heavy atom. The second-order valence-electron chi connectivity index (χ2n) is 6.16. The molecule has 0 aliphatic carbocycles. The molecule has 1 fully saturated rings. The zero-order valence-corrected chi connectivity index (χ0v) is 14.6. The van der Waals surface area contributed by atoms with Crippen molar-refractivity contribution in [1.82, 2.24) is 10.2 Å². The predicted molar refractivity (Wildman–Crippen MR) is 99.8 cm³/mol. The summed E-state index contributed by atoms with van der Waals surface area (Å²) in [5.74, 6) is 0.106. The summed E-state index contributed by atoms with van der Waals surface area (Å²) < 4.78 is 5.26. The number of nitrogens with zero attached hydrogens (tertiary/aromatic N) is 1. The summed E-state index contributed by atoms with van der Waals surface area (Å²) in [7, 11) is 0. The van der Waals surface area contributed by atoms with Gasteiger partial charge in [-0.2, -0.15) is 0 Å². The van der Waals surface area contributed by atoms with Crippen LogP contribution in [0.25, 0.3) is 0 Å². The largest absolute Gasteiger partial charge is 0.378 e. The van der Waals surface area contributed by atoms with Crippen LogP contribution in [0.5, 0.6) is 0 Å². The van der Waals surface area contributed by atoms with Gasteiger partial charge in [-0.1, -0.05) is 42.5 Å². The van der Waals surface area contributed by atoms with E-state index in [4.69, 9.17) is 4.74 Å². The highest BCUT2D eigenvalue weighted by molar-refractivity contribution is 5.89. The third-order valence-corrected chi connectivity index (χ3v) is 4.23. The van der Waals surface area contributed by atoms with Crippen LogP contribution in [0.4, 0.5) is 10.5 Å². The summed E-state index contributed by atoms with van der Waals surface area (Å²) >= 11 is 0. The molecule has 6 nitrogen and oxygen atoms in total. The van der Waals surface area contributed by atoms with Crippen LogP contribution in [0.1, 0.15) is 11.1 Å². The Kier molecular flexibility index (Phi) is 6.22. The van der Waals surface area contributed by atoms with E-state index >= 15 is 0 Å². The second kappa shape index (κ2) is 9.01. The Morgan fingerprint density at radius 1 is 0.923 bits per heavy atom. The highest BCUT2D eigenvalue weighted by Crippen LogP contribution is 2.11. The molecule has 3 amide bonds. The van der Waals surface area contributed by atoms with Crippen LogP contribution in [-0.4, -0.2) is 43.1 Å². The van der Waals surface area contributed by atoms with Crippen LogP contribution in [0, 0.1) is 0 Å². The van der Waals surface area contributed by atoms with Gasteiger partial charge in [0.1, 0.15) is 0 Å². The normalized spacial score (nSPS) is 13.9. The van der Waals surface area contributed by atoms with Crippen molar-refractivity contribution in [2.45, 2.75) is 13.0 Å². The summed E-state index contributed by atoms with van der Waals surface area (Å²) in [6.45, 7) is 2.98. The molecule has 1 saturated heterocycles. The number of rotatable bonds is 5. The number of hydrogen-bond acceptors (Lipinski definition) is 3. The molecule has 0 bridgehead atoms. The molecule has 6 heteroatoms. The lowest BCUT2D eigenvalue weighted by Gasteiger charge is -2.26. The topological polar surface area (TPSA) is 70.7 Å². The minimum Gasteiger partial charge on any atom is -0.378 e. The van der Waals surface area contributed by atoms with Crippen molar-refractivity contribution in [2.24, 2.45) is 0 Å². The molecule has 0 spiro atoms. The van der Waals surface area contributed by atoms with Crippen molar-refractivity contribution in [3.63, 3.8) is 0 Å². The smallest absolute Gasteiger partial charge is 0.319 e. The van der Waals surface area contributed by atoms with E-state index in [2.05, 4.69) is 10.6 Å². The summed E-state index contributed by atoms with van der Waals surface area (Å²) in [6, 6.07) is 16.8. The molecule has 2 aromatic carbocycles. The molecule has 2 aromatic rings. The number of urea groups is 1. The number of carbonyl (C=O) groups is 2. The minimum absolute atomic E-state index is 0.106. The van der Waals surface area contributed by atoms with Crippen LogP contribution in [0.2, 0.25) is 0 Å². The highest BCUT2D eigenvalue weighted by Gasteiger charge is 2.16. The zero-order chi connectivity index (χ0) is 18.2. The third kappa shape index (κ3) is 5.32. The van der Waals surface area contributed by atoms with E-state index in [-0.39, 0.29) is 11.9 Å². The third-order valence-electron chi connectivity index (χ3n) is 4.23. The number of carbonyl (C=O) groups excluding carboxylic acids is 2. The maximum absolute atomic E-state index is 12.2. The van der Waals surface area contributed by atoms with Crippen molar-refractivity contribution in [1.29, 1.82) is 0 Å². The monoisotopic (exact) mass is 353 g/mol. The van der Waals surface area contributed by atoms with Crippen LogP contribution >= 0.6 is 0 Å². The number of amides is 3. The number of nitrogens with one attached hydrogen (secondary N) is 2. The molecule has 1 aliphatic heterocycles. The van der Waals surface area contributed by atoms with Crippen LogP contribution in [-0.2, 0) is 22.5 Å².